The van der Waals surface area contributed by atoms with Crippen LogP contribution in [0.5, 0.6) is 5.75 Å². The summed E-state index contributed by atoms with van der Waals surface area (Å²) in [5.74, 6) is 1.57. The number of rotatable bonds is 7. The molecule has 7 heteroatoms. The van der Waals surface area contributed by atoms with Crippen molar-refractivity contribution >= 4 is 11.6 Å². The summed E-state index contributed by atoms with van der Waals surface area (Å²) in [7, 11) is 3.65. The minimum absolute atomic E-state index is 0.0864. The Labute approximate surface area is 147 Å². The molecule has 0 saturated heterocycles. The first-order valence-corrected chi connectivity index (χ1v) is 7.93. The quantitative estimate of drug-likeness (QED) is 0.362. The van der Waals surface area contributed by atoms with Gasteiger partial charge in [0.15, 0.2) is 5.96 Å². The third kappa shape index (κ3) is 5.80. The van der Waals surface area contributed by atoms with Crippen molar-refractivity contribution in [2.24, 2.45) is 4.99 Å². The van der Waals surface area contributed by atoms with Crippen LogP contribution in [0.25, 0.3) is 0 Å². The van der Waals surface area contributed by atoms with E-state index in [-0.39, 0.29) is 5.69 Å². The molecule has 0 aliphatic heterocycles. The summed E-state index contributed by atoms with van der Waals surface area (Å²) in [5, 5.41) is 13.9. The summed E-state index contributed by atoms with van der Waals surface area (Å²) in [6, 6.07) is 16.1. The Morgan fingerprint density at radius 3 is 2.48 bits per heavy atom. The second kappa shape index (κ2) is 9.27. The van der Waals surface area contributed by atoms with Crippen molar-refractivity contribution in [3.8, 4) is 5.75 Å². The maximum absolute atomic E-state index is 10.7. The van der Waals surface area contributed by atoms with Gasteiger partial charge in [0.25, 0.3) is 5.69 Å². The minimum Gasteiger partial charge on any atom is -0.492 e. The molecule has 0 unspecified atom stereocenters. The van der Waals surface area contributed by atoms with Crippen molar-refractivity contribution in [2.45, 2.75) is 6.54 Å². The first kappa shape index (κ1) is 18.3. The van der Waals surface area contributed by atoms with E-state index < -0.39 is 4.92 Å². The summed E-state index contributed by atoms with van der Waals surface area (Å²) in [6.07, 6.45) is 0. The number of aliphatic imine (C=N–C) groups is 1. The summed E-state index contributed by atoms with van der Waals surface area (Å²) in [6.45, 7) is 1.75. The molecule has 0 aliphatic carbocycles. The van der Waals surface area contributed by atoms with Gasteiger partial charge in [0.2, 0.25) is 0 Å². The molecule has 0 amide bonds. The molecule has 25 heavy (non-hydrogen) atoms. The van der Waals surface area contributed by atoms with Gasteiger partial charge in [-0.05, 0) is 17.7 Å². The van der Waals surface area contributed by atoms with Crippen LogP contribution >= 0.6 is 0 Å². The molecule has 0 aromatic heterocycles. The van der Waals surface area contributed by atoms with Crippen LogP contribution in [-0.2, 0) is 6.54 Å². The fourth-order valence-corrected chi connectivity index (χ4v) is 2.22. The first-order valence-electron chi connectivity index (χ1n) is 7.93. The van der Waals surface area contributed by atoms with Crippen molar-refractivity contribution in [3.63, 3.8) is 0 Å². The molecular weight excluding hydrogens is 320 g/mol. The van der Waals surface area contributed by atoms with Crippen LogP contribution in [-0.4, -0.2) is 43.0 Å². The van der Waals surface area contributed by atoms with Crippen LogP contribution in [0.1, 0.15) is 5.56 Å². The van der Waals surface area contributed by atoms with Crippen molar-refractivity contribution in [3.05, 3.63) is 70.3 Å². The average molecular weight is 342 g/mol. The molecule has 2 rings (SSSR count). The monoisotopic (exact) mass is 342 g/mol. The number of non-ortho nitro benzene ring substituents is 1. The first-order chi connectivity index (χ1) is 12.1. The fraction of sp³-hybridized carbons (Fsp3) is 0.278. The lowest BCUT2D eigenvalue weighted by atomic mass is 10.2. The molecular formula is C18H22N4O3. The predicted octanol–water partition coefficient (Wildman–Crippen LogP) is 2.68. The van der Waals surface area contributed by atoms with Gasteiger partial charge < -0.3 is 15.0 Å². The highest BCUT2D eigenvalue weighted by molar-refractivity contribution is 5.79. The number of nitro groups is 1. The van der Waals surface area contributed by atoms with Crippen molar-refractivity contribution in [1.82, 2.24) is 10.2 Å². The predicted molar refractivity (Wildman–Crippen MR) is 97.9 cm³/mol. The van der Waals surface area contributed by atoms with E-state index in [0.29, 0.717) is 19.7 Å². The molecule has 0 heterocycles. The second-order valence-electron chi connectivity index (χ2n) is 5.41. The number of nitrogens with one attached hydrogen (secondary N) is 1. The van der Waals surface area contributed by atoms with Gasteiger partial charge in [-0.3, -0.25) is 15.1 Å². The number of hydrogen-bond donors (Lipinski definition) is 1. The highest BCUT2D eigenvalue weighted by Gasteiger charge is 2.07. The number of hydrogen-bond acceptors (Lipinski definition) is 4. The molecule has 132 valence electrons. The number of likely N-dealkylation sites (N-methyl/N-ethyl adjacent to an activating group) is 1. The van der Waals surface area contributed by atoms with E-state index in [1.165, 1.54) is 12.1 Å². The molecule has 0 saturated carbocycles. The van der Waals surface area contributed by atoms with Gasteiger partial charge >= 0.3 is 0 Å². The van der Waals surface area contributed by atoms with Crippen LogP contribution in [0, 0.1) is 10.1 Å². The maximum atomic E-state index is 10.7. The van der Waals surface area contributed by atoms with E-state index >= 15 is 0 Å². The normalized spacial score (nSPS) is 11.0. The van der Waals surface area contributed by atoms with Gasteiger partial charge in [-0.25, -0.2) is 0 Å². The number of nitrogens with zero attached hydrogens (tertiary/aromatic N) is 3. The zero-order valence-corrected chi connectivity index (χ0v) is 14.4. The highest BCUT2D eigenvalue weighted by atomic mass is 16.6. The molecule has 2 aromatic rings. The summed E-state index contributed by atoms with van der Waals surface area (Å²) < 4.78 is 5.68. The Bertz CT molecular complexity index is 702. The molecule has 0 atom stereocenters. The summed E-state index contributed by atoms with van der Waals surface area (Å²) in [5.41, 5.74) is 1.03. The van der Waals surface area contributed by atoms with E-state index in [4.69, 9.17) is 4.74 Å². The molecule has 2 aromatic carbocycles. The molecule has 1 N–H and O–H groups in total. The smallest absolute Gasteiger partial charge is 0.269 e. The lowest BCUT2D eigenvalue weighted by Gasteiger charge is -2.22. The van der Waals surface area contributed by atoms with E-state index in [1.807, 2.05) is 42.3 Å². The standard InChI is InChI=1S/C18H22N4O3/c1-19-18(20-14-15-8-10-16(11-9-15)22(23)24)21(2)12-13-25-17-6-4-3-5-7-17/h3-11H,12-14H2,1-2H3,(H,19,20). The number of guanidine groups is 1. The highest BCUT2D eigenvalue weighted by Crippen LogP contribution is 2.11. The lowest BCUT2D eigenvalue weighted by Crippen LogP contribution is -2.40. The zero-order chi connectivity index (χ0) is 18.1. The molecule has 0 fully saturated rings. The SMILES string of the molecule is CN=C(NCc1ccc([N+](=O)[O-])cc1)N(C)CCOc1ccccc1. The Morgan fingerprint density at radius 2 is 1.88 bits per heavy atom. The molecule has 0 aliphatic rings. The van der Waals surface area contributed by atoms with Crippen LogP contribution in [0.3, 0.4) is 0 Å². The fourth-order valence-electron chi connectivity index (χ4n) is 2.22. The number of benzene rings is 2. The van der Waals surface area contributed by atoms with Gasteiger partial charge in [0.1, 0.15) is 12.4 Å². The Hall–Kier alpha value is -3.09. The lowest BCUT2D eigenvalue weighted by molar-refractivity contribution is -0.384. The average Bonchev–Trinajstić information content (AvgIpc) is 2.63. The number of nitro benzene ring substituents is 1. The summed E-state index contributed by atoms with van der Waals surface area (Å²) in [4.78, 5) is 16.5. The van der Waals surface area contributed by atoms with Crippen LogP contribution in [0.2, 0.25) is 0 Å². The van der Waals surface area contributed by atoms with E-state index in [0.717, 1.165) is 17.3 Å². The molecule has 0 spiro atoms. The van der Waals surface area contributed by atoms with Gasteiger partial charge in [0, 0.05) is 32.8 Å². The van der Waals surface area contributed by atoms with Crippen LogP contribution in [0.15, 0.2) is 59.6 Å². The van der Waals surface area contributed by atoms with Gasteiger partial charge in [0.05, 0.1) is 11.5 Å². The minimum atomic E-state index is -0.406. The number of ether oxygens (including phenoxy) is 1. The van der Waals surface area contributed by atoms with Gasteiger partial charge in [-0.1, -0.05) is 30.3 Å². The second-order valence-corrected chi connectivity index (χ2v) is 5.41. The van der Waals surface area contributed by atoms with Crippen molar-refractivity contribution in [2.75, 3.05) is 27.2 Å². The van der Waals surface area contributed by atoms with E-state index in [2.05, 4.69) is 10.3 Å². The van der Waals surface area contributed by atoms with Crippen molar-refractivity contribution < 1.29 is 9.66 Å². The Kier molecular flexibility index (Phi) is 6.76. The van der Waals surface area contributed by atoms with E-state index in [1.54, 1.807) is 19.2 Å². The molecule has 7 nitrogen and oxygen atoms in total. The van der Waals surface area contributed by atoms with Gasteiger partial charge in [-0.15, -0.1) is 0 Å². The maximum Gasteiger partial charge on any atom is 0.269 e. The number of para-hydroxylation sites is 1. The third-order valence-electron chi connectivity index (χ3n) is 3.61. The molecule has 0 radical (unpaired) electrons. The van der Waals surface area contributed by atoms with Crippen molar-refractivity contribution in [1.29, 1.82) is 0 Å². The molecule has 0 bridgehead atoms. The largest absolute Gasteiger partial charge is 0.492 e. The third-order valence-corrected chi connectivity index (χ3v) is 3.61. The van der Waals surface area contributed by atoms with Crippen LogP contribution < -0.4 is 10.1 Å². The Morgan fingerprint density at radius 1 is 1.20 bits per heavy atom. The Balaban J connectivity index is 1.79. The van der Waals surface area contributed by atoms with Crippen LogP contribution in [0.4, 0.5) is 5.69 Å². The topological polar surface area (TPSA) is 80.0 Å². The van der Waals surface area contributed by atoms with Gasteiger partial charge in [-0.2, -0.15) is 0 Å². The summed E-state index contributed by atoms with van der Waals surface area (Å²) >= 11 is 0. The van der Waals surface area contributed by atoms with E-state index in [9.17, 15) is 10.1 Å². The zero-order valence-electron chi connectivity index (χ0n) is 14.4.